The summed E-state index contributed by atoms with van der Waals surface area (Å²) in [7, 11) is 0. The number of ether oxygens (including phenoxy) is 1. The number of hydrogen-bond acceptors (Lipinski definition) is 3. The zero-order valence-electron chi connectivity index (χ0n) is 12.6. The first-order valence-corrected chi connectivity index (χ1v) is 7.27. The van der Waals surface area contributed by atoms with E-state index in [4.69, 9.17) is 22.7 Å². The second-order valence-corrected chi connectivity index (χ2v) is 5.43. The number of para-hydroxylation sites is 1. The van der Waals surface area contributed by atoms with E-state index in [-0.39, 0.29) is 17.5 Å². The van der Waals surface area contributed by atoms with E-state index in [0.29, 0.717) is 17.0 Å². The predicted octanol–water partition coefficient (Wildman–Crippen LogP) is 2.96. The Kier molecular flexibility index (Phi) is 5.12. The van der Waals surface area contributed by atoms with Crippen molar-refractivity contribution in [3.63, 3.8) is 0 Å². The van der Waals surface area contributed by atoms with Gasteiger partial charge in [-0.1, -0.05) is 30.4 Å². The number of aryl methyl sites for hydroxylation is 2. The normalized spacial score (nSPS) is 10.1. The minimum absolute atomic E-state index is 0.0752. The van der Waals surface area contributed by atoms with Gasteiger partial charge in [0.2, 0.25) is 0 Å². The largest absolute Gasteiger partial charge is 0.484 e. The second kappa shape index (κ2) is 7.04. The van der Waals surface area contributed by atoms with Crippen LogP contribution in [-0.4, -0.2) is 17.5 Å². The van der Waals surface area contributed by atoms with Crippen molar-refractivity contribution in [1.82, 2.24) is 0 Å². The molecule has 0 atom stereocenters. The van der Waals surface area contributed by atoms with E-state index in [1.54, 1.807) is 12.1 Å². The van der Waals surface area contributed by atoms with Gasteiger partial charge >= 0.3 is 0 Å². The smallest absolute Gasteiger partial charge is 0.262 e. The maximum Gasteiger partial charge on any atom is 0.262 e. The molecule has 2 rings (SSSR count). The number of carbonyl (C=O) groups excluding carboxylic acids is 1. The van der Waals surface area contributed by atoms with Crippen molar-refractivity contribution in [2.75, 3.05) is 11.9 Å². The molecule has 4 nitrogen and oxygen atoms in total. The molecular weight excluding hydrogens is 296 g/mol. The molecule has 0 heterocycles. The van der Waals surface area contributed by atoms with Crippen LogP contribution < -0.4 is 15.8 Å². The maximum absolute atomic E-state index is 12.0. The fourth-order valence-electron chi connectivity index (χ4n) is 1.95. The predicted molar refractivity (Wildman–Crippen MR) is 92.4 cm³/mol. The van der Waals surface area contributed by atoms with Crippen LogP contribution in [-0.2, 0) is 4.79 Å². The summed E-state index contributed by atoms with van der Waals surface area (Å²) in [6, 6.07) is 12.9. The molecule has 0 aromatic heterocycles. The average molecular weight is 314 g/mol. The van der Waals surface area contributed by atoms with E-state index in [1.165, 1.54) is 5.56 Å². The fourth-order valence-corrected chi connectivity index (χ4v) is 2.12. The topological polar surface area (TPSA) is 64.3 Å². The van der Waals surface area contributed by atoms with E-state index < -0.39 is 0 Å². The van der Waals surface area contributed by atoms with Crippen molar-refractivity contribution in [2.24, 2.45) is 5.73 Å². The van der Waals surface area contributed by atoms with Gasteiger partial charge in [0.15, 0.2) is 6.61 Å². The van der Waals surface area contributed by atoms with Gasteiger partial charge in [0, 0.05) is 5.56 Å². The molecular formula is C17H18N2O2S. The number of nitrogens with two attached hydrogens (primary N) is 1. The number of nitrogens with one attached hydrogen (secondary N) is 1. The van der Waals surface area contributed by atoms with Crippen molar-refractivity contribution in [3.05, 3.63) is 59.2 Å². The third-order valence-electron chi connectivity index (χ3n) is 3.31. The highest BCUT2D eigenvalue weighted by atomic mass is 32.1. The lowest BCUT2D eigenvalue weighted by Gasteiger charge is -2.11. The monoisotopic (exact) mass is 314 g/mol. The number of carbonyl (C=O) groups is 1. The fraction of sp³-hybridized carbons (Fsp3) is 0.176. The summed E-state index contributed by atoms with van der Waals surface area (Å²) in [6.45, 7) is 3.95. The highest BCUT2D eigenvalue weighted by molar-refractivity contribution is 7.80. The first-order chi connectivity index (χ1) is 10.5. The molecule has 22 heavy (non-hydrogen) atoms. The number of thiocarbonyl (C=S) groups is 1. The molecule has 0 aliphatic heterocycles. The van der Waals surface area contributed by atoms with Crippen LogP contribution in [0.25, 0.3) is 0 Å². The molecule has 114 valence electrons. The van der Waals surface area contributed by atoms with Crippen LogP contribution in [0.2, 0.25) is 0 Å². The summed E-state index contributed by atoms with van der Waals surface area (Å²) in [4.78, 5) is 12.2. The van der Waals surface area contributed by atoms with E-state index in [2.05, 4.69) is 5.32 Å². The average Bonchev–Trinajstić information content (AvgIpc) is 2.49. The molecule has 0 unspecified atom stereocenters. The first kappa shape index (κ1) is 16.0. The molecule has 2 aromatic rings. The minimum Gasteiger partial charge on any atom is -0.484 e. The molecule has 3 N–H and O–H groups in total. The summed E-state index contributed by atoms with van der Waals surface area (Å²) < 4.78 is 5.50. The Morgan fingerprint density at radius 1 is 1.18 bits per heavy atom. The molecule has 2 aromatic carbocycles. The molecule has 0 spiro atoms. The molecule has 1 amide bonds. The highest BCUT2D eigenvalue weighted by Crippen LogP contribution is 2.17. The van der Waals surface area contributed by atoms with Gasteiger partial charge in [-0.05, 0) is 49.2 Å². The van der Waals surface area contributed by atoms with Crippen molar-refractivity contribution in [3.8, 4) is 5.75 Å². The zero-order valence-corrected chi connectivity index (χ0v) is 13.4. The van der Waals surface area contributed by atoms with Gasteiger partial charge in [0.25, 0.3) is 5.91 Å². The van der Waals surface area contributed by atoms with Crippen LogP contribution >= 0.6 is 12.2 Å². The van der Waals surface area contributed by atoms with Crippen LogP contribution in [0, 0.1) is 13.8 Å². The van der Waals surface area contributed by atoms with Crippen LogP contribution in [0.4, 0.5) is 5.69 Å². The lowest BCUT2D eigenvalue weighted by Crippen LogP contribution is -2.22. The maximum atomic E-state index is 12.0. The van der Waals surface area contributed by atoms with E-state index in [0.717, 1.165) is 5.56 Å². The Bertz CT molecular complexity index is 714. The van der Waals surface area contributed by atoms with Gasteiger partial charge < -0.3 is 15.8 Å². The molecule has 0 bridgehead atoms. The molecule has 0 saturated heterocycles. The van der Waals surface area contributed by atoms with Crippen LogP contribution in [0.15, 0.2) is 42.5 Å². The highest BCUT2D eigenvalue weighted by Gasteiger charge is 2.09. The van der Waals surface area contributed by atoms with Crippen molar-refractivity contribution >= 4 is 28.8 Å². The van der Waals surface area contributed by atoms with Gasteiger partial charge in [-0.25, -0.2) is 0 Å². The Balaban J connectivity index is 1.99. The summed E-state index contributed by atoms with van der Waals surface area (Å²) in [6.07, 6.45) is 0. The lowest BCUT2D eigenvalue weighted by atomic mass is 10.1. The minimum atomic E-state index is -0.262. The first-order valence-electron chi connectivity index (χ1n) is 6.86. The van der Waals surface area contributed by atoms with Crippen LogP contribution in [0.5, 0.6) is 5.75 Å². The molecule has 0 fully saturated rings. The number of rotatable bonds is 5. The van der Waals surface area contributed by atoms with Crippen molar-refractivity contribution in [2.45, 2.75) is 13.8 Å². The summed E-state index contributed by atoms with van der Waals surface area (Å²) >= 11 is 4.97. The van der Waals surface area contributed by atoms with E-state index >= 15 is 0 Å². The molecule has 5 heteroatoms. The number of amides is 1. The number of hydrogen-bond donors (Lipinski definition) is 2. The Morgan fingerprint density at radius 3 is 2.59 bits per heavy atom. The molecule has 0 saturated carbocycles. The third-order valence-corrected chi connectivity index (χ3v) is 3.53. The summed E-state index contributed by atoms with van der Waals surface area (Å²) in [5, 5.41) is 2.76. The van der Waals surface area contributed by atoms with Gasteiger partial charge in [-0.15, -0.1) is 0 Å². The third kappa shape index (κ3) is 4.05. The molecule has 0 aliphatic carbocycles. The Morgan fingerprint density at radius 2 is 1.91 bits per heavy atom. The van der Waals surface area contributed by atoms with Gasteiger partial charge in [0.05, 0.1) is 5.69 Å². The van der Waals surface area contributed by atoms with Crippen LogP contribution in [0.1, 0.15) is 16.7 Å². The van der Waals surface area contributed by atoms with Crippen molar-refractivity contribution in [1.29, 1.82) is 0 Å². The van der Waals surface area contributed by atoms with E-state index in [1.807, 2.05) is 44.2 Å². The van der Waals surface area contributed by atoms with Gasteiger partial charge in [0.1, 0.15) is 10.7 Å². The SMILES string of the molecule is Cc1ccc(OCC(=O)Nc2ccccc2C(N)=S)cc1C. The van der Waals surface area contributed by atoms with Crippen LogP contribution in [0.3, 0.4) is 0 Å². The quantitative estimate of drug-likeness (QED) is 0.833. The number of benzene rings is 2. The number of anilines is 1. The summed E-state index contributed by atoms with van der Waals surface area (Å²) in [5.74, 6) is 0.405. The van der Waals surface area contributed by atoms with Gasteiger partial charge in [-0.2, -0.15) is 0 Å². The lowest BCUT2D eigenvalue weighted by molar-refractivity contribution is -0.118. The van der Waals surface area contributed by atoms with E-state index in [9.17, 15) is 4.79 Å². The standard InChI is InChI=1S/C17H18N2O2S/c1-11-7-8-13(9-12(11)2)21-10-16(20)19-15-6-4-3-5-14(15)17(18)22/h3-9H,10H2,1-2H3,(H2,18,22)(H,19,20). The van der Waals surface area contributed by atoms with Crippen molar-refractivity contribution < 1.29 is 9.53 Å². The molecule has 0 aliphatic rings. The molecule has 0 radical (unpaired) electrons. The zero-order chi connectivity index (χ0) is 16.1. The van der Waals surface area contributed by atoms with Gasteiger partial charge in [-0.3, -0.25) is 4.79 Å². The Hall–Kier alpha value is -2.40. The second-order valence-electron chi connectivity index (χ2n) is 4.99. The Labute approximate surface area is 135 Å². The summed E-state index contributed by atoms with van der Waals surface area (Å²) in [5.41, 5.74) is 9.16.